The highest BCUT2D eigenvalue weighted by Gasteiger charge is 2.33. The summed E-state index contributed by atoms with van der Waals surface area (Å²) in [6, 6.07) is 4.47. The number of ketones is 1. The van der Waals surface area contributed by atoms with Crippen LogP contribution in [0.1, 0.15) is 25.8 Å². The zero-order valence-corrected chi connectivity index (χ0v) is 12.0. The Balaban J connectivity index is 3.01. The number of Topliss-reactive ketones (excluding diaryl/α,β-unsaturated/α-hetero) is 1. The van der Waals surface area contributed by atoms with Crippen molar-refractivity contribution >= 4 is 17.4 Å². The van der Waals surface area contributed by atoms with Gasteiger partial charge in [-0.25, -0.2) is 4.39 Å². The van der Waals surface area contributed by atoms with E-state index in [0.29, 0.717) is 11.4 Å². The molecule has 1 atom stereocenters. The summed E-state index contributed by atoms with van der Waals surface area (Å²) in [7, 11) is 3.70. The molecule has 0 fully saturated rings. The maximum Gasteiger partial charge on any atom is 0.157 e. The first-order valence-corrected chi connectivity index (χ1v) is 6.34. The van der Waals surface area contributed by atoms with Crippen LogP contribution in [-0.4, -0.2) is 30.3 Å². The van der Waals surface area contributed by atoms with Gasteiger partial charge in [-0.3, -0.25) is 9.69 Å². The summed E-state index contributed by atoms with van der Waals surface area (Å²) in [5, 5.41) is 0.306. The largest absolute Gasteiger partial charge is 0.297 e. The summed E-state index contributed by atoms with van der Waals surface area (Å²) in [4.78, 5) is 14.2. The number of benzene rings is 1. The summed E-state index contributed by atoms with van der Waals surface area (Å²) in [5.74, 6) is -0.449. The number of hydrogen-bond donors (Lipinski definition) is 0. The van der Waals surface area contributed by atoms with Crippen LogP contribution in [0.3, 0.4) is 0 Å². The van der Waals surface area contributed by atoms with Gasteiger partial charge < -0.3 is 0 Å². The van der Waals surface area contributed by atoms with Gasteiger partial charge in [0.05, 0.1) is 5.54 Å². The van der Waals surface area contributed by atoms with E-state index in [1.165, 1.54) is 12.1 Å². The van der Waals surface area contributed by atoms with Crippen LogP contribution in [0.25, 0.3) is 0 Å². The Kier molecular flexibility index (Phi) is 4.88. The molecule has 4 heteroatoms. The minimum absolute atomic E-state index is 0.0219. The van der Waals surface area contributed by atoms with Crippen LogP contribution in [0.15, 0.2) is 18.2 Å². The molecule has 1 aromatic rings. The van der Waals surface area contributed by atoms with Crippen molar-refractivity contribution in [1.82, 2.24) is 4.90 Å². The van der Waals surface area contributed by atoms with Crippen molar-refractivity contribution in [2.45, 2.75) is 32.2 Å². The molecule has 0 N–H and O–H groups in total. The van der Waals surface area contributed by atoms with Gasteiger partial charge in [-0.1, -0.05) is 24.6 Å². The molecular weight excluding hydrogens is 253 g/mol. The molecule has 0 amide bonds. The van der Waals surface area contributed by atoms with Gasteiger partial charge in [0.2, 0.25) is 0 Å². The molecule has 0 aliphatic rings. The highest BCUT2D eigenvalue weighted by Crippen LogP contribution is 2.24. The molecule has 0 bridgehead atoms. The molecule has 0 saturated carbocycles. The van der Waals surface area contributed by atoms with Gasteiger partial charge in [-0.2, -0.15) is 0 Å². The van der Waals surface area contributed by atoms with Crippen molar-refractivity contribution in [3.05, 3.63) is 34.6 Å². The second kappa shape index (κ2) is 5.81. The van der Waals surface area contributed by atoms with E-state index < -0.39 is 11.4 Å². The number of hydrogen-bond acceptors (Lipinski definition) is 2. The molecular formula is C14H19ClFNO. The number of likely N-dealkylation sites (N-methyl/N-ethyl adjacent to an activating group) is 1. The van der Waals surface area contributed by atoms with Crippen molar-refractivity contribution in [2.75, 3.05) is 14.1 Å². The average molecular weight is 272 g/mol. The third-order valence-electron chi connectivity index (χ3n) is 3.68. The third-order valence-corrected chi connectivity index (χ3v) is 4.03. The van der Waals surface area contributed by atoms with E-state index in [0.717, 1.165) is 0 Å². The molecule has 0 saturated heterocycles. The van der Waals surface area contributed by atoms with Gasteiger partial charge in [-0.15, -0.1) is 0 Å². The molecule has 0 heterocycles. The van der Waals surface area contributed by atoms with E-state index in [1.807, 2.05) is 32.8 Å². The fourth-order valence-corrected chi connectivity index (χ4v) is 2.04. The van der Waals surface area contributed by atoms with E-state index in [4.69, 9.17) is 11.6 Å². The SMILES string of the molecule is CCC(C)(C(=O)Cc1c(F)cccc1Cl)N(C)C. The Hall–Kier alpha value is -0.930. The molecule has 1 unspecified atom stereocenters. The molecule has 1 aromatic carbocycles. The van der Waals surface area contributed by atoms with Gasteiger partial charge in [0.15, 0.2) is 5.78 Å². The second-order valence-electron chi connectivity index (χ2n) is 4.82. The molecule has 0 aromatic heterocycles. The van der Waals surface area contributed by atoms with Gasteiger partial charge >= 0.3 is 0 Å². The zero-order valence-electron chi connectivity index (χ0n) is 11.3. The van der Waals surface area contributed by atoms with Crippen molar-refractivity contribution in [3.8, 4) is 0 Å². The third kappa shape index (κ3) is 2.90. The van der Waals surface area contributed by atoms with Crippen molar-refractivity contribution in [2.24, 2.45) is 0 Å². The number of halogens is 2. The predicted molar refractivity (Wildman–Crippen MR) is 72.5 cm³/mol. The van der Waals surface area contributed by atoms with E-state index >= 15 is 0 Å². The highest BCUT2D eigenvalue weighted by atomic mass is 35.5. The van der Waals surface area contributed by atoms with Crippen molar-refractivity contribution in [3.63, 3.8) is 0 Å². The van der Waals surface area contributed by atoms with Crippen LogP contribution in [0.4, 0.5) is 4.39 Å². The molecule has 100 valence electrons. The van der Waals surface area contributed by atoms with E-state index in [2.05, 4.69) is 0 Å². The second-order valence-corrected chi connectivity index (χ2v) is 5.23. The summed E-state index contributed by atoms with van der Waals surface area (Å²) >= 11 is 5.94. The first kappa shape index (κ1) is 15.1. The average Bonchev–Trinajstić information content (AvgIpc) is 2.32. The fraction of sp³-hybridized carbons (Fsp3) is 0.500. The Morgan fingerprint density at radius 2 is 2.06 bits per heavy atom. The fourth-order valence-electron chi connectivity index (χ4n) is 1.81. The number of carbonyl (C=O) groups is 1. The van der Waals surface area contributed by atoms with Crippen molar-refractivity contribution in [1.29, 1.82) is 0 Å². The quantitative estimate of drug-likeness (QED) is 0.819. The van der Waals surface area contributed by atoms with Gasteiger partial charge in [-0.05, 0) is 39.6 Å². The Bertz CT molecular complexity index is 427. The maximum absolute atomic E-state index is 13.7. The Labute approximate surface area is 113 Å². The predicted octanol–water partition coefficient (Wildman–Crippen LogP) is 3.32. The van der Waals surface area contributed by atoms with Crippen LogP contribution < -0.4 is 0 Å². The first-order valence-electron chi connectivity index (χ1n) is 5.96. The lowest BCUT2D eigenvalue weighted by atomic mass is 9.88. The van der Waals surface area contributed by atoms with Crippen molar-refractivity contribution < 1.29 is 9.18 Å². The van der Waals surface area contributed by atoms with Crippen LogP contribution in [0, 0.1) is 5.82 Å². The summed E-state index contributed by atoms with van der Waals surface area (Å²) in [6.07, 6.45) is 0.693. The number of rotatable bonds is 5. The number of nitrogens with zero attached hydrogens (tertiary/aromatic N) is 1. The topological polar surface area (TPSA) is 20.3 Å². The minimum atomic E-state index is -0.592. The molecule has 0 spiro atoms. The molecule has 18 heavy (non-hydrogen) atoms. The van der Waals surface area contributed by atoms with E-state index in [1.54, 1.807) is 6.07 Å². The lowest BCUT2D eigenvalue weighted by Crippen LogP contribution is -2.48. The molecule has 0 aliphatic heterocycles. The molecule has 0 radical (unpaired) electrons. The van der Waals surface area contributed by atoms with Crippen LogP contribution in [-0.2, 0) is 11.2 Å². The molecule has 1 rings (SSSR count). The summed E-state index contributed by atoms with van der Waals surface area (Å²) < 4.78 is 13.7. The standard InChI is InChI=1S/C14H19ClFNO/c1-5-14(2,17(3)4)13(18)9-10-11(15)7-6-8-12(10)16/h6-8H,5,9H2,1-4H3. The van der Waals surface area contributed by atoms with Crippen LogP contribution >= 0.6 is 11.6 Å². The lowest BCUT2D eigenvalue weighted by Gasteiger charge is -2.34. The van der Waals surface area contributed by atoms with Gasteiger partial charge in [0.25, 0.3) is 0 Å². The Morgan fingerprint density at radius 1 is 1.44 bits per heavy atom. The highest BCUT2D eigenvalue weighted by molar-refractivity contribution is 6.31. The maximum atomic E-state index is 13.7. The smallest absolute Gasteiger partial charge is 0.157 e. The monoisotopic (exact) mass is 271 g/mol. The molecule has 2 nitrogen and oxygen atoms in total. The van der Waals surface area contributed by atoms with Crippen LogP contribution in [0.2, 0.25) is 5.02 Å². The van der Waals surface area contributed by atoms with E-state index in [-0.39, 0.29) is 17.8 Å². The summed E-state index contributed by atoms with van der Waals surface area (Å²) in [6.45, 7) is 3.81. The van der Waals surface area contributed by atoms with Gasteiger partial charge in [0.1, 0.15) is 5.82 Å². The van der Waals surface area contributed by atoms with E-state index in [9.17, 15) is 9.18 Å². The minimum Gasteiger partial charge on any atom is -0.297 e. The summed E-state index contributed by atoms with van der Waals surface area (Å²) in [5.41, 5.74) is -0.309. The first-order chi connectivity index (χ1) is 8.32. The Morgan fingerprint density at radius 3 is 2.50 bits per heavy atom. The zero-order chi connectivity index (χ0) is 13.9. The number of carbonyl (C=O) groups excluding carboxylic acids is 1. The molecule has 0 aliphatic carbocycles. The van der Waals surface area contributed by atoms with Gasteiger partial charge in [0, 0.05) is 17.0 Å². The van der Waals surface area contributed by atoms with Crippen LogP contribution in [0.5, 0.6) is 0 Å². The lowest BCUT2D eigenvalue weighted by molar-refractivity contribution is -0.128. The normalized spacial score (nSPS) is 14.6.